The maximum absolute atomic E-state index is 14.3. The number of ether oxygens (including phenoxy) is 8. The van der Waals surface area contributed by atoms with Gasteiger partial charge in [0.2, 0.25) is 0 Å². The lowest BCUT2D eigenvalue weighted by Gasteiger charge is -2.42. The number of hydrogen-bond donors (Lipinski definition) is 18. The molecule has 0 radical (unpaired) electrons. The molecule has 50 nitrogen and oxygen atoms in total. The number of aromatic nitrogens is 12. The average Bonchev–Trinajstić information content (AvgIpc) is 1.77. The van der Waals surface area contributed by atoms with Gasteiger partial charge in [0.1, 0.15) is 129 Å². The maximum Gasteiger partial charge on any atom is 0.336 e. The van der Waals surface area contributed by atoms with Crippen LogP contribution in [0.4, 0.5) is 32.8 Å². The lowest BCUT2D eigenvalue weighted by Crippen LogP contribution is -2.60. The largest absolute Gasteiger partial charge is 0.508 e. The summed E-state index contributed by atoms with van der Waals surface area (Å²) in [5.74, 6) is -0.674. The molecule has 8 aromatic heterocycles. The van der Waals surface area contributed by atoms with Gasteiger partial charge < -0.3 is 113 Å². The summed E-state index contributed by atoms with van der Waals surface area (Å²) in [5, 5.41) is 94.1. The zero-order valence-corrected chi connectivity index (χ0v) is 73.7. The number of halogens is 1. The molecule has 0 unspecified atom stereocenters. The Morgan fingerprint density at radius 2 is 0.600 bits per heavy atom. The SMILES string of the molecule is Nc1ccccc1C1(NS(=O)(=O)OC[C@H]2O[C@@H](n3cnc4c(N)ccnc43)[C@H](O)[C@@H]2O)COC1.Nc1ccnc2c1ncn2[C@@H]1O[C@H](COS(=O)(=O)NC2(c3ccccc3)COC2)[C@@H](O)[C@H]1O.Nc1ccnc2c1ncn2[C@@H]1O[C@H](COS(=O)(=O)NC2(c3ccccc3F)COC2)[C@@H](O)[C@H]1O.Nc1ccnc2c1ncn2[C@@H]1O[C@H](COS(=O)(=O)NC2(c3ccccc3O)COC2)[C@@H](O)[C@H]1O. The van der Waals surface area contributed by atoms with Crippen LogP contribution in [0.5, 0.6) is 5.75 Å². The number of rotatable bonds is 28. The maximum atomic E-state index is 14.3. The van der Waals surface area contributed by atoms with Gasteiger partial charge in [-0.1, -0.05) is 84.9 Å². The second-order valence-corrected chi connectivity index (χ2v) is 38.1. The molecule has 8 aliphatic rings. The number of para-hydroxylation sites is 2. The van der Waals surface area contributed by atoms with Gasteiger partial charge in [0.25, 0.3) is 0 Å². The summed E-state index contributed by atoms with van der Waals surface area (Å²) < 4.78 is 195. The number of nitrogens with one attached hydrogen (secondary N) is 4. The topological polar surface area (TPSA) is 730 Å². The molecule has 8 aliphatic heterocycles. The van der Waals surface area contributed by atoms with E-state index in [4.69, 9.17) is 83.3 Å². The first kappa shape index (κ1) is 95.6. The molecule has 12 aromatic rings. The first-order chi connectivity index (χ1) is 64.4. The summed E-state index contributed by atoms with van der Waals surface area (Å²) in [4.78, 5) is 33.4. The van der Waals surface area contributed by atoms with Crippen LogP contribution >= 0.6 is 0 Å². The van der Waals surface area contributed by atoms with E-state index in [2.05, 4.69) is 58.8 Å². The van der Waals surface area contributed by atoms with Crippen LogP contribution in [0.25, 0.3) is 44.7 Å². The van der Waals surface area contributed by atoms with Gasteiger partial charge in [-0.15, -0.1) is 0 Å². The van der Waals surface area contributed by atoms with E-state index in [1.807, 2.05) is 6.07 Å². The van der Waals surface area contributed by atoms with E-state index < -0.39 is 194 Å². The molecule has 0 saturated carbocycles. The highest BCUT2D eigenvalue weighted by Crippen LogP contribution is 2.43. The second kappa shape index (κ2) is 38.1. The number of phenolic OH excluding ortho intramolecular Hbond substituents is 1. The third kappa shape index (κ3) is 19.2. The Balaban J connectivity index is 0.000000125. The van der Waals surface area contributed by atoms with Crippen LogP contribution in [-0.4, -0.2) is 290 Å². The van der Waals surface area contributed by atoms with Crippen molar-refractivity contribution >= 4 is 114 Å². The fourth-order valence-electron chi connectivity index (χ4n) is 16.4. The highest BCUT2D eigenvalue weighted by molar-refractivity contribution is 7.85. The fourth-order valence-corrected chi connectivity index (χ4v) is 20.7. The summed E-state index contributed by atoms with van der Waals surface area (Å²) >= 11 is 0. The number of nitrogens with zero attached hydrogens (tertiary/aromatic N) is 12. The van der Waals surface area contributed by atoms with E-state index in [1.54, 1.807) is 97.1 Å². The van der Waals surface area contributed by atoms with Crippen molar-refractivity contribution in [3.8, 4) is 5.75 Å². The lowest BCUT2D eigenvalue weighted by atomic mass is 9.88. The minimum absolute atomic E-state index is 0.000337. The van der Waals surface area contributed by atoms with Crippen LogP contribution in [0.2, 0.25) is 0 Å². The molecule has 722 valence electrons. The van der Waals surface area contributed by atoms with E-state index in [9.17, 15) is 84.0 Å². The van der Waals surface area contributed by atoms with Crippen molar-refractivity contribution in [1.82, 2.24) is 77.0 Å². The van der Waals surface area contributed by atoms with Crippen LogP contribution in [0.1, 0.15) is 47.2 Å². The smallest absolute Gasteiger partial charge is 0.336 e. The summed E-state index contributed by atoms with van der Waals surface area (Å²) in [6, 6.07) is 34.3. The van der Waals surface area contributed by atoms with Crippen LogP contribution in [-0.2, 0) is 118 Å². The molecule has 23 N–H and O–H groups in total. The van der Waals surface area contributed by atoms with E-state index in [0.29, 0.717) is 84.2 Å². The molecule has 8 fully saturated rings. The number of aliphatic hydroxyl groups excluding tert-OH is 8. The molecule has 0 bridgehead atoms. The van der Waals surface area contributed by atoms with Crippen molar-refractivity contribution in [3.63, 3.8) is 0 Å². The van der Waals surface area contributed by atoms with Crippen LogP contribution in [0, 0.1) is 5.82 Å². The van der Waals surface area contributed by atoms with Gasteiger partial charge in [-0.25, -0.2) is 44.3 Å². The van der Waals surface area contributed by atoms with Crippen molar-refractivity contribution in [2.75, 3.05) is 108 Å². The average molecular weight is 1960 g/mol. The van der Waals surface area contributed by atoms with Crippen LogP contribution < -0.4 is 47.6 Å². The molecule has 55 heteroatoms. The van der Waals surface area contributed by atoms with Crippen molar-refractivity contribution in [2.24, 2.45) is 0 Å². The number of anilines is 5. The third-order valence-electron chi connectivity index (χ3n) is 23.6. The Labute approximate surface area is 765 Å². The Hall–Kier alpha value is -11.1. The number of nitrogen functional groups attached to an aromatic ring is 5. The van der Waals surface area contributed by atoms with Gasteiger partial charge in [-0.2, -0.15) is 52.6 Å². The first-order valence-corrected chi connectivity index (χ1v) is 46.9. The Morgan fingerprint density at radius 1 is 0.333 bits per heavy atom. The van der Waals surface area contributed by atoms with E-state index >= 15 is 0 Å². The lowest BCUT2D eigenvalue weighted by molar-refractivity contribution is -0.0711. The van der Waals surface area contributed by atoms with Gasteiger partial charge in [0.15, 0.2) is 47.5 Å². The van der Waals surface area contributed by atoms with E-state index in [1.165, 1.54) is 92.6 Å². The number of phenols is 1. The fraction of sp³-hybridized carbons (Fsp3) is 0.400. The van der Waals surface area contributed by atoms with Crippen molar-refractivity contribution in [1.29, 1.82) is 0 Å². The van der Waals surface area contributed by atoms with Crippen molar-refractivity contribution in [3.05, 3.63) is 206 Å². The number of imidazole rings is 4. The van der Waals surface area contributed by atoms with Gasteiger partial charge in [-0.05, 0) is 48.0 Å². The molecule has 16 atom stereocenters. The zero-order valence-electron chi connectivity index (χ0n) is 70.4. The van der Waals surface area contributed by atoms with Gasteiger partial charge in [-0.3, -0.25) is 35.0 Å². The van der Waals surface area contributed by atoms with E-state index in [0.717, 1.165) is 5.56 Å². The number of aromatic hydroxyl groups is 1. The minimum Gasteiger partial charge on any atom is -0.508 e. The zero-order chi connectivity index (χ0) is 95.5. The highest BCUT2D eigenvalue weighted by atomic mass is 32.2. The summed E-state index contributed by atoms with van der Waals surface area (Å²) in [6.45, 7) is -1.93. The van der Waals surface area contributed by atoms with Crippen LogP contribution in [0.15, 0.2) is 177 Å². The van der Waals surface area contributed by atoms with Gasteiger partial charge >= 0.3 is 41.2 Å². The Morgan fingerprint density at radius 3 is 0.896 bits per heavy atom. The summed E-state index contributed by atoms with van der Waals surface area (Å²) in [6.07, 6.45) is -8.93. The molecule has 0 spiro atoms. The number of nitrogens with two attached hydrogens (primary N) is 5. The Bertz CT molecular complexity index is 6310. The molecule has 8 saturated heterocycles. The molecule has 0 aliphatic carbocycles. The number of fused-ring (bicyclic) bond motifs is 4. The monoisotopic (exact) mass is 1960 g/mol. The molecule has 16 heterocycles. The van der Waals surface area contributed by atoms with Gasteiger partial charge in [0.05, 0.1) is 127 Å². The molecule has 0 amide bonds. The number of pyridine rings is 4. The molecule has 4 aromatic carbocycles. The summed E-state index contributed by atoms with van der Waals surface area (Å²) in [7, 11) is -17.3. The molecule has 20 rings (SSSR count). The Kier molecular flexibility index (Phi) is 27.0. The van der Waals surface area contributed by atoms with Crippen LogP contribution in [0.3, 0.4) is 0 Å². The number of hydrogen-bond acceptors (Lipinski definition) is 42. The predicted octanol–water partition coefficient (Wildman–Crippen LogP) is -2.94. The highest BCUT2D eigenvalue weighted by Gasteiger charge is 2.54. The molecule has 135 heavy (non-hydrogen) atoms. The summed E-state index contributed by atoms with van der Waals surface area (Å²) in [5.41, 5.74) is 31.8. The normalized spacial score (nSPS) is 26.6. The van der Waals surface area contributed by atoms with Crippen molar-refractivity contribution in [2.45, 2.75) is 120 Å². The third-order valence-corrected chi connectivity index (χ3v) is 28.0. The second-order valence-electron chi connectivity index (χ2n) is 32.7. The number of aliphatic hydroxyl groups is 8. The van der Waals surface area contributed by atoms with Gasteiger partial charge in [0, 0.05) is 47.2 Å². The first-order valence-electron chi connectivity index (χ1n) is 41.2. The standard InChI is InChI=1S/C20H22FN5O7S.C20H24N6O7S.C20H23N5O8S.C20H23N5O7S/c2*21-12-4-2-1-3-11(12)20(8-31-9-20)25-34(29,30)32-7-14-16(27)17(28)19(33-14)26-10-24-15-13(22)5-6-23-18(15)26;21-12-5-6-22-18-15(12)23-10-25(18)19-17(28)16(27)14(33-19)7-32-34(29,30)24-20(8-31-9-20)11-3-1-2-4-13(11)26;21-13-6-7-22-18-15(13)23-11-25(18)19-17(27)16(26)14(32-19)8-31-33(28,29)24-20(9-30-10-20)12-4-2-1-3-5-12/h1-6,10,14,16-17,19,25,27-28H,7-9H2,(H2,22,23);1-6,10,14,16-17,19,25,27-28H,7-9,21H2,(H2,22,23);1-6,10,14,16-17,19,24,26-28H,7-9H2,(H2,21,22);1-7,11,14,16-17,19,24,26-27H,8-10H2,(H2,21,22)/t4*14-,16-,17-,19-/m1111/s1. The number of benzene rings is 4. The van der Waals surface area contributed by atoms with Crippen molar-refractivity contribution < 1.29 is 139 Å². The molecular formula is C80H92FN21O29S4. The quantitative estimate of drug-likeness (QED) is 0.0218. The molecular weight excluding hydrogens is 1870 g/mol. The predicted molar refractivity (Wildman–Crippen MR) is 465 cm³/mol. The minimum atomic E-state index is -4.42. The van der Waals surface area contributed by atoms with E-state index in [-0.39, 0.29) is 64.2 Å².